The molecule has 3 aromatic carbocycles. The fourth-order valence-corrected chi connectivity index (χ4v) is 4.50. The highest BCUT2D eigenvalue weighted by molar-refractivity contribution is 9.10. The van der Waals surface area contributed by atoms with Crippen LogP contribution in [0.5, 0.6) is 5.75 Å². The van der Waals surface area contributed by atoms with Gasteiger partial charge in [-0.3, -0.25) is 9.59 Å². The lowest BCUT2D eigenvalue weighted by atomic mass is 10.1. The Labute approximate surface area is 214 Å². The van der Waals surface area contributed by atoms with Gasteiger partial charge in [0.25, 0.3) is 5.91 Å². The quantitative estimate of drug-likeness (QED) is 0.329. The molecule has 0 saturated heterocycles. The molecule has 0 bridgehead atoms. The Bertz CT molecular complexity index is 1150. The Hall–Kier alpha value is -2.57. The zero-order valence-corrected chi connectivity index (χ0v) is 22.0. The summed E-state index contributed by atoms with van der Waals surface area (Å²) in [5, 5.41) is 5.58. The van der Waals surface area contributed by atoms with Crippen LogP contribution in [0, 0.1) is 5.92 Å². The molecule has 1 atom stereocenters. The number of benzene rings is 3. The van der Waals surface area contributed by atoms with Crippen molar-refractivity contribution in [2.45, 2.75) is 39.8 Å². The molecule has 0 spiro atoms. The third-order valence-electron chi connectivity index (χ3n) is 5.55. The first-order chi connectivity index (χ1) is 16.3. The zero-order valence-electron chi connectivity index (χ0n) is 19.7. The van der Waals surface area contributed by atoms with E-state index in [-0.39, 0.29) is 25.0 Å². The normalized spacial score (nSPS) is 11.9. The van der Waals surface area contributed by atoms with Gasteiger partial charge in [0.05, 0.1) is 4.47 Å². The van der Waals surface area contributed by atoms with Crippen LogP contribution in [0.3, 0.4) is 0 Å². The van der Waals surface area contributed by atoms with E-state index in [4.69, 9.17) is 16.3 Å². The van der Waals surface area contributed by atoms with Gasteiger partial charge in [-0.05, 0) is 56.7 Å². The summed E-state index contributed by atoms with van der Waals surface area (Å²) in [4.78, 5) is 28.0. The Morgan fingerprint density at radius 3 is 2.47 bits per heavy atom. The number of fused-ring (bicyclic) bond motifs is 1. The summed E-state index contributed by atoms with van der Waals surface area (Å²) in [5.41, 5.74) is 0.777. The lowest BCUT2D eigenvalue weighted by molar-refractivity contribution is -0.143. The van der Waals surface area contributed by atoms with Crippen LogP contribution in [-0.2, 0) is 16.1 Å². The van der Waals surface area contributed by atoms with E-state index < -0.39 is 6.04 Å². The van der Waals surface area contributed by atoms with Crippen molar-refractivity contribution in [2.75, 3.05) is 13.2 Å². The molecule has 3 aromatic rings. The number of amides is 2. The molecule has 2 amide bonds. The summed E-state index contributed by atoms with van der Waals surface area (Å²) in [6.07, 6.45) is 0.472. The maximum Gasteiger partial charge on any atom is 0.261 e. The van der Waals surface area contributed by atoms with Gasteiger partial charge in [0.15, 0.2) is 6.61 Å². The second kappa shape index (κ2) is 12.2. The summed E-state index contributed by atoms with van der Waals surface area (Å²) in [7, 11) is 0. The molecule has 1 unspecified atom stereocenters. The van der Waals surface area contributed by atoms with E-state index in [1.807, 2.05) is 75.4 Å². The number of halogens is 2. The van der Waals surface area contributed by atoms with E-state index in [1.165, 1.54) is 0 Å². The van der Waals surface area contributed by atoms with Crippen molar-refractivity contribution in [1.82, 2.24) is 10.2 Å². The second-order valence-corrected chi connectivity index (χ2v) is 9.76. The number of ether oxygens (including phenoxy) is 1. The molecule has 0 fully saturated rings. The van der Waals surface area contributed by atoms with Crippen LogP contribution in [0.4, 0.5) is 0 Å². The largest absolute Gasteiger partial charge is 0.483 e. The fraction of sp³-hybridized carbons (Fsp3) is 0.333. The Balaban J connectivity index is 1.82. The predicted octanol–water partition coefficient (Wildman–Crippen LogP) is 6.21. The van der Waals surface area contributed by atoms with Crippen molar-refractivity contribution in [3.8, 4) is 5.75 Å². The summed E-state index contributed by atoms with van der Waals surface area (Å²) < 4.78 is 6.72. The number of rotatable bonds is 10. The molecule has 0 aliphatic carbocycles. The van der Waals surface area contributed by atoms with Gasteiger partial charge in [0.2, 0.25) is 5.91 Å². The third kappa shape index (κ3) is 6.51. The highest BCUT2D eigenvalue weighted by Crippen LogP contribution is 2.33. The fourth-order valence-electron chi connectivity index (χ4n) is 3.70. The average molecular weight is 546 g/mol. The molecule has 1 N–H and O–H groups in total. The van der Waals surface area contributed by atoms with E-state index in [2.05, 4.69) is 21.2 Å². The van der Waals surface area contributed by atoms with Crippen LogP contribution < -0.4 is 10.1 Å². The van der Waals surface area contributed by atoms with Gasteiger partial charge in [0, 0.05) is 18.1 Å². The molecule has 7 heteroatoms. The monoisotopic (exact) mass is 544 g/mol. The zero-order chi connectivity index (χ0) is 24.7. The molecule has 3 rings (SSSR count). The molecule has 0 radical (unpaired) electrons. The number of hydrogen-bond donors (Lipinski definition) is 1. The number of hydrogen-bond acceptors (Lipinski definition) is 3. The van der Waals surface area contributed by atoms with Gasteiger partial charge < -0.3 is 15.0 Å². The van der Waals surface area contributed by atoms with Gasteiger partial charge in [0.1, 0.15) is 11.8 Å². The molecule has 0 aliphatic heterocycles. The number of carbonyl (C=O) groups excluding carboxylic acids is 2. The average Bonchev–Trinajstić information content (AvgIpc) is 2.83. The van der Waals surface area contributed by atoms with E-state index in [0.29, 0.717) is 29.7 Å². The van der Waals surface area contributed by atoms with Crippen molar-refractivity contribution in [1.29, 1.82) is 0 Å². The summed E-state index contributed by atoms with van der Waals surface area (Å²) in [5.74, 6) is 0.417. The molecule has 180 valence electrons. The van der Waals surface area contributed by atoms with Crippen molar-refractivity contribution in [3.05, 3.63) is 75.7 Å². The molecule has 34 heavy (non-hydrogen) atoms. The van der Waals surface area contributed by atoms with Crippen LogP contribution in [0.1, 0.15) is 32.8 Å². The molecule has 5 nitrogen and oxygen atoms in total. The number of nitrogens with zero attached hydrogens (tertiary/aromatic N) is 1. The molecule has 0 aliphatic rings. The SMILES string of the molecule is CCC(C(=O)NCC(C)C)N(Cc1ccccc1Cl)C(=O)COc1ccc2ccccc2c1Br. The Morgan fingerprint density at radius 2 is 1.76 bits per heavy atom. The molecule has 0 aromatic heterocycles. The van der Waals surface area contributed by atoms with Crippen molar-refractivity contribution >= 4 is 50.1 Å². The minimum atomic E-state index is -0.633. The van der Waals surface area contributed by atoms with E-state index in [1.54, 1.807) is 11.0 Å². The van der Waals surface area contributed by atoms with Gasteiger partial charge >= 0.3 is 0 Å². The second-order valence-electron chi connectivity index (χ2n) is 8.56. The van der Waals surface area contributed by atoms with Gasteiger partial charge in [-0.15, -0.1) is 0 Å². The standard InChI is InChI=1S/C27H30BrClN2O3/c1-4-23(27(33)30-15-18(2)3)31(16-20-10-6-8-12-22(20)29)25(32)17-34-24-14-13-19-9-5-7-11-21(19)26(24)28/h5-14,18,23H,4,15-17H2,1-3H3,(H,30,33). The minimum absolute atomic E-state index is 0.177. The van der Waals surface area contributed by atoms with Gasteiger partial charge in [-0.1, -0.05) is 80.9 Å². The highest BCUT2D eigenvalue weighted by atomic mass is 79.9. The summed E-state index contributed by atoms with van der Waals surface area (Å²) in [6.45, 7) is 6.52. The smallest absolute Gasteiger partial charge is 0.261 e. The lowest BCUT2D eigenvalue weighted by Crippen LogP contribution is -2.50. The molecular weight excluding hydrogens is 516 g/mol. The van der Waals surface area contributed by atoms with Crippen molar-refractivity contribution in [2.24, 2.45) is 5.92 Å². The summed E-state index contributed by atoms with van der Waals surface area (Å²) >= 11 is 9.98. The van der Waals surface area contributed by atoms with Crippen LogP contribution >= 0.6 is 27.5 Å². The van der Waals surface area contributed by atoms with Crippen LogP contribution in [-0.4, -0.2) is 35.9 Å². The van der Waals surface area contributed by atoms with Crippen molar-refractivity contribution in [3.63, 3.8) is 0 Å². The number of nitrogens with one attached hydrogen (secondary N) is 1. The summed E-state index contributed by atoms with van der Waals surface area (Å²) in [6, 6.07) is 18.4. The first-order valence-electron chi connectivity index (χ1n) is 11.4. The topological polar surface area (TPSA) is 58.6 Å². The minimum Gasteiger partial charge on any atom is -0.483 e. The van der Waals surface area contributed by atoms with Gasteiger partial charge in [-0.2, -0.15) is 0 Å². The molecular formula is C27H30BrClN2O3. The first kappa shape index (κ1) is 26.0. The third-order valence-corrected chi connectivity index (χ3v) is 6.73. The highest BCUT2D eigenvalue weighted by Gasteiger charge is 2.29. The molecule has 0 heterocycles. The predicted molar refractivity (Wildman–Crippen MR) is 141 cm³/mol. The van der Waals surface area contributed by atoms with Crippen LogP contribution in [0.15, 0.2) is 65.1 Å². The van der Waals surface area contributed by atoms with E-state index >= 15 is 0 Å². The molecule has 0 saturated carbocycles. The maximum absolute atomic E-state index is 13.4. The van der Waals surface area contributed by atoms with E-state index in [0.717, 1.165) is 20.8 Å². The maximum atomic E-state index is 13.4. The van der Waals surface area contributed by atoms with E-state index in [9.17, 15) is 9.59 Å². The Morgan fingerprint density at radius 1 is 1.06 bits per heavy atom. The Kier molecular flexibility index (Phi) is 9.36. The van der Waals surface area contributed by atoms with Crippen LogP contribution in [0.25, 0.3) is 10.8 Å². The number of carbonyl (C=O) groups is 2. The van der Waals surface area contributed by atoms with Crippen LogP contribution in [0.2, 0.25) is 5.02 Å². The lowest BCUT2D eigenvalue weighted by Gasteiger charge is -2.31. The van der Waals surface area contributed by atoms with Gasteiger partial charge in [-0.25, -0.2) is 0 Å². The first-order valence-corrected chi connectivity index (χ1v) is 12.6. The van der Waals surface area contributed by atoms with Crippen molar-refractivity contribution < 1.29 is 14.3 Å².